The van der Waals surface area contributed by atoms with Gasteiger partial charge in [0.1, 0.15) is 5.75 Å². The first-order valence-electron chi connectivity index (χ1n) is 5.55. The third kappa shape index (κ3) is 3.61. The monoisotopic (exact) mass is 387 g/mol. The normalized spacial score (nSPS) is 10.2. The Labute approximate surface area is 129 Å². The maximum atomic E-state index is 12.1. The van der Waals surface area contributed by atoms with Crippen LogP contribution in [0.25, 0.3) is 0 Å². The van der Waals surface area contributed by atoms with Crippen LogP contribution >= 0.6 is 34.2 Å². The molecule has 0 bridgehead atoms. The lowest BCUT2D eigenvalue weighted by molar-refractivity contribution is 0.102. The molecule has 5 heteroatoms. The van der Waals surface area contributed by atoms with Gasteiger partial charge < -0.3 is 10.4 Å². The summed E-state index contributed by atoms with van der Waals surface area (Å²) in [5, 5.41) is 12.4. The van der Waals surface area contributed by atoms with Gasteiger partial charge in [0.05, 0.1) is 5.56 Å². The molecule has 0 aliphatic rings. The number of phenols is 1. The Morgan fingerprint density at radius 1 is 1.26 bits per heavy atom. The van der Waals surface area contributed by atoms with Gasteiger partial charge in [0.2, 0.25) is 0 Å². The SMILES string of the molecule is O=C(Nc1cccc(CCl)c1)c1cc(I)ccc1O. The highest BCUT2D eigenvalue weighted by Gasteiger charge is 2.11. The number of amides is 1. The summed E-state index contributed by atoms with van der Waals surface area (Å²) in [6.07, 6.45) is 0. The minimum atomic E-state index is -0.345. The van der Waals surface area contributed by atoms with Gasteiger partial charge in [-0.15, -0.1) is 11.6 Å². The second-order valence-corrected chi connectivity index (χ2v) is 5.46. The Morgan fingerprint density at radius 2 is 2.05 bits per heavy atom. The topological polar surface area (TPSA) is 49.3 Å². The van der Waals surface area contributed by atoms with Crippen LogP contribution in [-0.4, -0.2) is 11.0 Å². The van der Waals surface area contributed by atoms with Gasteiger partial charge >= 0.3 is 0 Å². The number of carbonyl (C=O) groups is 1. The number of benzene rings is 2. The first-order valence-corrected chi connectivity index (χ1v) is 7.16. The Hall–Kier alpha value is -1.27. The molecule has 2 aromatic carbocycles. The van der Waals surface area contributed by atoms with Gasteiger partial charge in [0, 0.05) is 15.1 Å². The van der Waals surface area contributed by atoms with Crippen LogP contribution in [0.1, 0.15) is 15.9 Å². The van der Waals surface area contributed by atoms with Crippen LogP contribution in [0, 0.1) is 3.57 Å². The van der Waals surface area contributed by atoms with Crippen molar-refractivity contribution in [2.75, 3.05) is 5.32 Å². The van der Waals surface area contributed by atoms with Crippen molar-refractivity contribution in [2.45, 2.75) is 5.88 Å². The van der Waals surface area contributed by atoms with Crippen molar-refractivity contribution in [1.82, 2.24) is 0 Å². The summed E-state index contributed by atoms with van der Waals surface area (Å²) in [5.74, 6) is 0.00668. The number of aromatic hydroxyl groups is 1. The fraction of sp³-hybridized carbons (Fsp3) is 0.0714. The molecule has 2 aromatic rings. The zero-order valence-corrected chi connectivity index (χ0v) is 12.8. The van der Waals surface area contributed by atoms with Crippen LogP contribution in [0.15, 0.2) is 42.5 Å². The second kappa shape index (κ2) is 6.25. The van der Waals surface area contributed by atoms with Crippen molar-refractivity contribution < 1.29 is 9.90 Å². The van der Waals surface area contributed by atoms with Crippen molar-refractivity contribution in [2.24, 2.45) is 0 Å². The van der Waals surface area contributed by atoms with Crippen LogP contribution in [-0.2, 0) is 5.88 Å². The van der Waals surface area contributed by atoms with Crippen molar-refractivity contribution in [1.29, 1.82) is 0 Å². The molecular formula is C14H11ClINO2. The van der Waals surface area contributed by atoms with Crippen molar-refractivity contribution in [3.05, 3.63) is 57.2 Å². The van der Waals surface area contributed by atoms with Crippen LogP contribution < -0.4 is 5.32 Å². The molecule has 0 fully saturated rings. The number of alkyl halides is 1. The number of halogens is 2. The molecule has 3 nitrogen and oxygen atoms in total. The van der Waals surface area contributed by atoms with E-state index in [1.165, 1.54) is 6.07 Å². The first-order chi connectivity index (χ1) is 9.10. The summed E-state index contributed by atoms with van der Waals surface area (Å²) < 4.78 is 0.884. The van der Waals surface area contributed by atoms with Gasteiger partial charge in [0.15, 0.2) is 0 Å². The minimum absolute atomic E-state index is 0.0357. The molecule has 2 N–H and O–H groups in total. The third-order valence-corrected chi connectivity index (χ3v) is 3.52. The largest absolute Gasteiger partial charge is 0.507 e. The fourth-order valence-corrected chi connectivity index (χ4v) is 2.28. The number of carbonyl (C=O) groups excluding carboxylic acids is 1. The molecule has 0 radical (unpaired) electrons. The lowest BCUT2D eigenvalue weighted by atomic mass is 10.1. The summed E-state index contributed by atoms with van der Waals surface area (Å²) in [6, 6.07) is 12.2. The lowest BCUT2D eigenvalue weighted by Gasteiger charge is -2.08. The van der Waals surface area contributed by atoms with Crippen molar-refractivity contribution in [3.63, 3.8) is 0 Å². The number of hydrogen-bond acceptors (Lipinski definition) is 2. The quantitative estimate of drug-likeness (QED) is 0.618. The summed E-state index contributed by atoms with van der Waals surface area (Å²) in [4.78, 5) is 12.1. The zero-order chi connectivity index (χ0) is 13.8. The summed E-state index contributed by atoms with van der Waals surface area (Å²) in [6.45, 7) is 0. The van der Waals surface area contributed by atoms with Gasteiger partial charge in [-0.25, -0.2) is 0 Å². The van der Waals surface area contributed by atoms with Gasteiger partial charge in [-0.2, -0.15) is 0 Å². The molecule has 0 aliphatic carbocycles. The standard InChI is InChI=1S/C14H11ClINO2/c15-8-9-2-1-3-11(6-9)17-14(19)12-7-10(16)4-5-13(12)18/h1-7,18H,8H2,(H,17,19). The van der Waals surface area contributed by atoms with E-state index in [0.29, 0.717) is 11.6 Å². The molecule has 0 spiro atoms. The number of nitrogens with one attached hydrogen (secondary N) is 1. The molecule has 2 rings (SSSR count). The van der Waals surface area contributed by atoms with Crippen LogP contribution in [0.2, 0.25) is 0 Å². The predicted octanol–water partition coefficient (Wildman–Crippen LogP) is 3.99. The average Bonchev–Trinajstić information content (AvgIpc) is 2.41. The zero-order valence-electron chi connectivity index (χ0n) is 9.86. The number of anilines is 1. The third-order valence-electron chi connectivity index (χ3n) is 2.54. The number of phenolic OH excluding ortho intramolecular Hbond substituents is 1. The summed E-state index contributed by atoms with van der Waals surface area (Å²) >= 11 is 7.83. The predicted molar refractivity (Wildman–Crippen MR) is 84.8 cm³/mol. The molecule has 0 unspecified atom stereocenters. The molecule has 0 saturated heterocycles. The smallest absolute Gasteiger partial charge is 0.259 e. The Bertz CT molecular complexity index is 616. The Kier molecular flexibility index (Phi) is 4.66. The molecule has 1 amide bonds. The lowest BCUT2D eigenvalue weighted by Crippen LogP contribution is -2.12. The van der Waals surface area contributed by atoms with Gasteiger partial charge in [0.25, 0.3) is 5.91 Å². The highest BCUT2D eigenvalue weighted by molar-refractivity contribution is 14.1. The Balaban J connectivity index is 2.23. The van der Waals surface area contributed by atoms with E-state index in [2.05, 4.69) is 27.9 Å². The second-order valence-electron chi connectivity index (χ2n) is 3.95. The van der Waals surface area contributed by atoms with E-state index in [4.69, 9.17) is 11.6 Å². The molecule has 0 saturated carbocycles. The van der Waals surface area contributed by atoms with Gasteiger partial charge in [-0.3, -0.25) is 4.79 Å². The van der Waals surface area contributed by atoms with Crippen molar-refractivity contribution in [3.8, 4) is 5.75 Å². The maximum Gasteiger partial charge on any atom is 0.259 e. The average molecular weight is 388 g/mol. The van der Waals surface area contributed by atoms with E-state index in [0.717, 1.165) is 9.13 Å². The van der Waals surface area contributed by atoms with E-state index < -0.39 is 0 Å². The van der Waals surface area contributed by atoms with E-state index in [-0.39, 0.29) is 17.2 Å². The minimum Gasteiger partial charge on any atom is -0.507 e. The van der Waals surface area contributed by atoms with Crippen molar-refractivity contribution >= 4 is 45.8 Å². The van der Waals surface area contributed by atoms with E-state index in [1.807, 2.05) is 12.1 Å². The molecule has 98 valence electrons. The molecule has 19 heavy (non-hydrogen) atoms. The number of rotatable bonds is 3. The van der Waals surface area contributed by atoms with Crippen LogP contribution in [0.3, 0.4) is 0 Å². The molecule has 0 heterocycles. The van der Waals surface area contributed by atoms with E-state index >= 15 is 0 Å². The molecule has 0 atom stereocenters. The fourth-order valence-electron chi connectivity index (χ4n) is 1.62. The first kappa shape index (κ1) is 14.1. The summed E-state index contributed by atoms with van der Waals surface area (Å²) in [5.41, 5.74) is 1.83. The van der Waals surface area contributed by atoms with E-state index in [1.54, 1.807) is 24.3 Å². The van der Waals surface area contributed by atoms with E-state index in [9.17, 15) is 9.90 Å². The van der Waals surface area contributed by atoms with Crippen LogP contribution in [0.5, 0.6) is 5.75 Å². The highest BCUT2D eigenvalue weighted by atomic mass is 127. The molecular weight excluding hydrogens is 377 g/mol. The molecule has 0 aliphatic heterocycles. The molecule has 0 aromatic heterocycles. The number of hydrogen-bond donors (Lipinski definition) is 2. The highest BCUT2D eigenvalue weighted by Crippen LogP contribution is 2.21. The Morgan fingerprint density at radius 3 is 2.79 bits per heavy atom. The maximum absolute atomic E-state index is 12.1. The van der Waals surface area contributed by atoms with Gasteiger partial charge in [-0.1, -0.05) is 12.1 Å². The van der Waals surface area contributed by atoms with Gasteiger partial charge in [-0.05, 0) is 58.5 Å². The van der Waals surface area contributed by atoms with Crippen LogP contribution in [0.4, 0.5) is 5.69 Å². The summed E-state index contributed by atoms with van der Waals surface area (Å²) in [7, 11) is 0.